The van der Waals surface area contributed by atoms with Gasteiger partial charge in [-0.1, -0.05) is 0 Å². The lowest BCUT2D eigenvalue weighted by molar-refractivity contribution is -0.160. The second-order valence-electron chi connectivity index (χ2n) is 9.57. The van der Waals surface area contributed by atoms with Crippen LogP contribution in [0.25, 0.3) is 0 Å². The van der Waals surface area contributed by atoms with E-state index < -0.39 is 0 Å². The fourth-order valence-electron chi connectivity index (χ4n) is 6.86. The van der Waals surface area contributed by atoms with Crippen LogP contribution in [-0.2, 0) is 9.59 Å². The number of rotatable bonds is 4. The first-order valence-corrected chi connectivity index (χ1v) is 10.8. The van der Waals surface area contributed by atoms with E-state index in [4.69, 9.17) is 4.74 Å². The van der Waals surface area contributed by atoms with Crippen molar-refractivity contribution in [1.29, 1.82) is 0 Å². The zero-order chi connectivity index (χ0) is 19.3. The Hall–Kier alpha value is -2.04. The number of methoxy groups -OCH3 is 1. The topological polar surface area (TPSA) is 58.6 Å². The first kappa shape index (κ1) is 18.0. The zero-order valence-corrected chi connectivity index (χ0v) is 16.7. The van der Waals surface area contributed by atoms with E-state index >= 15 is 0 Å². The molecule has 1 atom stereocenters. The quantitative estimate of drug-likeness (QED) is 0.861. The molecule has 5 heteroatoms. The van der Waals surface area contributed by atoms with Crippen molar-refractivity contribution in [3.8, 4) is 5.75 Å². The van der Waals surface area contributed by atoms with Gasteiger partial charge in [-0.15, -0.1) is 0 Å². The summed E-state index contributed by atoms with van der Waals surface area (Å²) in [7, 11) is 1.63. The van der Waals surface area contributed by atoms with Crippen molar-refractivity contribution < 1.29 is 14.3 Å². The number of carbonyl (C=O) groups is 2. The number of benzene rings is 1. The van der Waals surface area contributed by atoms with Crippen molar-refractivity contribution in [1.82, 2.24) is 4.90 Å². The fraction of sp³-hybridized carbons (Fsp3) is 0.652. The smallest absolute Gasteiger partial charge is 0.247 e. The Morgan fingerprint density at radius 2 is 1.64 bits per heavy atom. The van der Waals surface area contributed by atoms with Crippen LogP contribution in [-0.4, -0.2) is 36.4 Å². The number of carbonyl (C=O) groups excluding carboxylic acids is 2. The maximum absolute atomic E-state index is 13.7. The molecule has 4 saturated carbocycles. The fourth-order valence-corrected chi connectivity index (χ4v) is 6.86. The minimum Gasteiger partial charge on any atom is -0.497 e. The van der Waals surface area contributed by atoms with Crippen LogP contribution in [0.5, 0.6) is 5.75 Å². The molecule has 1 aromatic carbocycles. The highest BCUT2D eigenvalue weighted by Gasteiger charge is 2.56. The first-order chi connectivity index (χ1) is 13.6. The normalized spacial score (nSPS) is 35.8. The molecule has 1 N–H and O–H groups in total. The van der Waals surface area contributed by atoms with Crippen molar-refractivity contribution in [2.75, 3.05) is 19.0 Å². The summed E-state index contributed by atoms with van der Waals surface area (Å²) in [6, 6.07) is 7.03. The molecule has 1 heterocycles. The first-order valence-electron chi connectivity index (χ1n) is 10.8. The van der Waals surface area contributed by atoms with E-state index in [-0.39, 0.29) is 23.3 Å². The van der Waals surface area contributed by atoms with Crippen molar-refractivity contribution in [3.05, 3.63) is 24.3 Å². The summed E-state index contributed by atoms with van der Waals surface area (Å²) in [5.41, 5.74) is 0.581. The molecule has 6 rings (SSSR count). The Labute approximate surface area is 166 Å². The van der Waals surface area contributed by atoms with Gasteiger partial charge in [-0.3, -0.25) is 9.59 Å². The lowest BCUT2D eigenvalue weighted by Crippen LogP contribution is -2.56. The molecular formula is C23H30N2O3. The van der Waals surface area contributed by atoms with Crippen LogP contribution < -0.4 is 10.1 Å². The van der Waals surface area contributed by atoms with E-state index in [9.17, 15) is 9.59 Å². The van der Waals surface area contributed by atoms with Crippen LogP contribution in [0.4, 0.5) is 5.69 Å². The van der Waals surface area contributed by atoms with Crippen LogP contribution in [0.3, 0.4) is 0 Å². The third-order valence-electron chi connectivity index (χ3n) is 7.67. The molecule has 4 aliphatic carbocycles. The largest absolute Gasteiger partial charge is 0.497 e. The molecule has 5 aliphatic rings. The monoisotopic (exact) mass is 382 g/mol. The second-order valence-corrected chi connectivity index (χ2v) is 9.57. The molecule has 150 valence electrons. The van der Waals surface area contributed by atoms with Gasteiger partial charge in [0.15, 0.2) is 0 Å². The Bertz CT molecular complexity index is 737. The number of hydrogen-bond donors (Lipinski definition) is 1. The molecule has 0 radical (unpaired) electrons. The zero-order valence-electron chi connectivity index (χ0n) is 16.7. The Balaban J connectivity index is 1.31. The lowest BCUT2D eigenvalue weighted by Gasteiger charge is -2.56. The van der Waals surface area contributed by atoms with Gasteiger partial charge in [0.05, 0.1) is 12.5 Å². The molecule has 0 spiro atoms. The Morgan fingerprint density at radius 3 is 2.21 bits per heavy atom. The molecule has 1 unspecified atom stereocenters. The summed E-state index contributed by atoms with van der Waals surface area (Å²) >= 11 is 0. The summed E-state index contributed by atoms with van der Waals surface area (Å²) < 4.78 is 5.17. The predicted molar refractivity (Wildman–Crippen MR) is 107 cm³/mol. The molecule has 1 aromatic rings. The number of ether oxygens (including phenoxy) is 1. The minimum atomic E-state index is -0.331. The van der Waals surface area contributed by atoms with E-state index in [0.717, 1.165) is 67.8 Å². The van der Waals surface area contributed by atoms with E-state index in [2.05, 4.69) is 5.32 Å². The highest BCUT2D eigenvalue weighted by Crippen LogP contribution is 2.60. The molecule has 5 nitrogen and oxygen atoms in total. The number of nitrogens with one attached hydrogen (secondary N) is 1. The molecule has 1 aliphatic heterocycles. The van der Waals surface area contributed by atoms with Crippen LogP contribution >= 0.6 is 0 Å². The van der Waals surface area contributed by atoms with Crippen LogP contribution in [0.1, 0.15) is 51.4 Å². The van der Waals surface area contributed by atoms with Gasteiger partial charge < -0.3 is 15.0 Å². The maximum atomic E-state index is 13.7. The van der Waals surface area contributed by atoms with Gasteiger partial charge in [0.2, 0.25) is 11.8 Å². The molecule has 28 heavy (non-hydrogen) atoms. The molecule has 5 fully saturated rings. The molecule has 1 saturated heterocycles. The van der Waals surface area contributed by atoms with E-state index in [0.29, 0.717) is 0 Å². The van der Waals surface area contributed by atoms with Crippen molar-refractivity contribution in [2.45, 2.75) is 57.4 Å². The number of amides is 2. The lowest BCUT2D eigenvalue weighted by atomic mass is 9.49. The van der Waals surface area contributed by atoms with Gasteiger partial charge in [0.1, 0.15) is 11.8 Å². The predicted octanol–water partition coefficient (Wildman–Crippen LogP) is 3.84. The SMILES string of the molecule is COc1ccc(NC(=O)C2CCCN2C(=O)C23CC4CC(CC(C4)C2)C3)cc1. The van der Waals surface area contributed by atoms with Crippen LogP contribution in [0.15, 0.2) is 24.3 Å². The van der Waals surface area contributed by atoms with E-state index in [1.807, 2.05) is 29.2 Å². The molecule has 4 bridgehead atoms. The van der Waals surface area contributed by atoms with Gasteiger partial charge >= 0.3 is 0 Å². The summed E-state index contributed by atoms with van der Waals surface area (Å²) in [6.45, 7) is 0.723. The number of anilines is 1. The number of likely N-dealkylation sites (tertiary alicyclic amines) is 1. The van der Waals surface area contributed by atoms with Crippen molar-refractivity contribution in [2.24, 2.45) is 23.2 Å². The van der Waals surface area contributed by atoms with E-state index in [1.54, 1.807) is 7.11 Å². The molecule has 2 amide bonds. The Kier molecular flexibility index (Phi) is 4.37. The standard InChI is InChI=1S/C23H30N2O3/c1-28-19-6-4-18(5-7-19)24-21(26)20-3-2-8-25(20)22(27)23-12-15-9-16(13-23)11-17(10-15)14-23/h4-7,15-17,20H,2-3,8-14H2,1H3,(H,24,26). The average Bonchev–Trinajstić information content (AvgIpc) is 3.17. The third-order valence-corrected chi connectivity index (χ3v) is 7.67. The second kappa shape index (κ2) is 6.78. The van der Waals surface area contributed by atoms with Crippen molar-refractivity contribution >= 4 is 17.5 Å². The summed E-state index contributed by atoms with van der Waals surface area (Å²) in [4.78, 5) is 28.6. The number of hydrogen-bond acceptors (Lipinski definition) is 3. The van der Waals surface area contributed by atoms with Gasteiger partial charge in [-0.05, 0) is 93.4 Å². The Morgan fingerprint density at radius 1 is 1.04 bits per heavy atom. The van der Waals surface area contributed by atoms with Crippen LogP contribution in [0, 0.1) is 23.2 Å². The highest BCUT2D eigenvalue weighted by atomic mass is 16.5. The molecule has 0 aromatic heterocycles. The van der Waals surface area contributed by atoms with Crippen LogP contribution in [0.2, 0.25) is 0 Å². The third kappa shape index (κ3) is 2.99. The van der Waals surface area contributed by atoms with Gasteiger partial charge in [-0.25, -0.2) is 0 Å². The highest BCUT2D eigenvalue weighted by molar-refractivity contribution is 5.98. The van der Waals surface area contributed by atoms with E-state index in [1.165, 1.54) is 19.3 Å². The summed E-state index contributed by atoms with van der Waals surface area (Å²) in [5.74, 6) is 3.20. The average molecular weight is 383 g/mol. The molecular weight excluding hydrogens is 352 g/mol. The van der Waals surface area contributed by atoms with Gasteiger partial charge in [0.25, 0.3) is 0 Å². The minimum absolute atomic E-state index is 0.0549. The maximum Gasteiger partial charge on any atom is 0.247 e. The van der Waals surface area contributed by atoms with Gasteiger partial charge in [0, 0.05) is 12.2 Å². The summed E-state index contributed by atoms with van der Waals surface area (Å²) in [6.07, 6.45) is 8.83. The summed E-state index contributed by atoms with van der Waals surface area (Å²) in [5, 5.41) is 3.01. The van der Waals surface area contributed by atoms with Crippen molar-refractivity contribution in [3.63, 3.8) is 0 Å². The van der Waals surface area contributed by atoms with Gasteiger partial charge in [-0.2, -0.15) is 0 Å². The number of nitrogens with zero attached hydrogens (tertiary/aromatic N) is 1.